The molecule has 0 aliphatic carbocycles. The van der Waals surface area contributed by atoms with E-state index in [9.17, 15) is 0 Å². The Kier molecular flexibility index (Phi) is 6.29. The van der Waals surface area contributed by atoms with Crippen molar-refractivity contribution in [3.63, 3.8) is 0 Å². The Morgan fingerprint density at radius 2 is 1.92 bits per heavy atom. The molecule has 1 unspecified atom stereocenters. The summed E-state index contributed by atoms with van der Waals surface area (Å²) in [5.41, 5.74) is 0. The van der Waals surface area contributed by atoms with Gasteiger partial charge in [-0.15, -0.1) is 0 Å². The van der Waals surface area contributed by atoms with Crippen molar-refractivity contribution in [1.82, 2.24) is 0 Å². The fourth-order valence-corrected chi connectivity index (χ4v) is 1.17. The molecule has 3 nitrogen and oxygen atoms in total. The van der Waals surface area contributed by atoms with Gasteiger partial charge in [-0.25, -0.2) is 0 Å². The van der Waals surface area contributed by atoms with Gasteiger partial charge in [-0.2, -0.15) is 0 Å². The molecule has 1 atom stereocenters. The molecule has 13 heavy (non-hydrogen) atoms. The summed E-state index contributed by atoms with van der Waals surface area (Å²) in [5, 5.41) is 17.8. The quantitative estimate of drug-likeness (QED) is 0.603. The second-order valence-corrected chi connectivity index (χ2v) is 3.66. The zero-order valence-corrected chi connectivity index (χ0v) is 8.92. The first kappa shape index (κ1) is 12.9. The van der Waals surface area contributed by atoms with Crippen LogP contribution in [-0.2, 0) is 4.74 Å². The van der Waals surface area contributed by atoms with Crippen LogP contribution in [0.4, 0.5) is 0 Å². The molecule has 0 heterocycles. The lowest BCUT2D eigenvalue weighted by molar-refractivity contribution is -0.328. The van der Waals surface area contributed by atoms with Gasteiger partial charge in [-0.05, 0) is 12.3 Å². The Balaban J connectivity index is 3.59. The van der Waals surface area contributed by atoms with E-state index >= 15 is 0 Å². The predicted molar refractivity (Wildman–Crippen MR) is 52.1 cm³/mol. The molecule has 0 rings (SSSR count). The van der Waals surface area contributed by atoms with Crippen molar-refractivity contribution in [2.45, 2.75) is 52.4 Å². The number of unbranched alkanes of at least 4 members (excludes halogenated alkanes) is 1. The van der Waals surface area contributed by atoms with Crippen LogP contribution in [0, 0.1) is 5.92 Å². The Bertz CT molecular complexity index is 118. The molecule has 0 amide bonds. The summed E-state index contributed by atoms with van der Waals surface area (Å²) >= 11 is 0. The average Bonchev–Trinajstić information content (AvgIpc) is 2.03. The van der Waals surface area contributed by atoms with Crippen molar-refractivity contribution >= 4 is 0 Å². The lowest BCUT2D eigenvalue weighted by Gasteiger charge is -2.21. The monoisotopic (exact) mass is 190 g/mol. The molecule has 0 aromatic carbocycles. The Hall–Kier alpha value is -0.120. The van der Waals surface area contributed by atoms with Crippen LogP contribution in [0.25, 0.3) is 0 Å². The van der Waals surface area contributed by atoms with E-state index in [-0.39, 0.29) is 0 Å². The SMILES string of the molecule is CCCCC(CC)COC(C)(O)O. The van der Waals surface area contributed by atoms with Gasteiger partial charge in [0, 0.05) is 6.92 Å². The highest BCUT2D eigenvalue weighted by molar-refractivity contribution is 4.56. The molecule has 0 saturated carbocycles. The van der Waals surface area contributed by atoms with E-state index < -0.39 is 5.97 Å². The smallest absolute Gasteiger partial charge is 0.274 e. The van der Waals surface area contributed by atoms with E-state index in [0.717, 1.165) is 12.8 Å². The summed E-state index contributed by atoms with van der Waals surface area (Å²) in [6, 6.07) is 0. The molecule has 80 valence electrons. The fourth-order valence-electron chi connectivity index (χ4n) is 1.17. The first-order valence-electron chi connectivity index (χ1n) is 5.08. The Morgan fingerprint density at radius 3 is 2.31 bits per heavy atom. The second-order valence-electron chi connectivity index (χ2n) is 3.66. The van der Waals surface area contributed by atoms with Gasteiger partial charge >= 0.3 is 0 Å². The first-order valence-corrected chi connectivity index (χ1v) is 5.08. The topological polar surface area (TPSA) is 49.7 Å². The largest absolute Gasteiger partial charge is 0.344 e. The number of hydrogen-bond acceptors (Lipinski definition) is 3. The zero-order valence-electron chi connectivity index (χ0n) is 8.92. The fraction of sp³-hybridized carbons (Fsp3) is 1.00. The van der Waals surface area contributed by atoms with Gasteiger partial charge in [0.05, 0.1) is 6.61 Å². The molecule has 0 aromatic heterocycles. The lowest BCUT2D eigenvalue weighted by Crippen LogP contribution is -2.29. The van der Waals surface area contributed by atoms with E-state index in [1.807, 2.05) is 0 Å². The maximum atomic E-state index is 8.92. The highest BCUT2D eigenvalue weighted by Gasteiger charge is 2.17. The van der Waals surface area contributed by atoms with Crippen LogP contribution in [0.2, 0.25) is 0 Å². The summed E-state index contributed by atoms with van der Waals surface area (Å²) in [7, 11) is 0. The molecule has 0 fully saturated rings. The van der Waals surface area contributed by atoms with Gasteiger partial charge in [-0.1, -0.05) is 33.1 Å². The summed E-state index contributed by atoms with van der Waals surface area (Å²) in [4.78, 5) is 0. The van der Waals surface area contributed by atoms with Gasteiger partial charge in [0.25, 0.3) is 5.97 Å². The van der Waals surface area contributed by atoms with E-state index in [4.69, 9.17) is 14.9 Å². The number of aliphatic hydroxyl groups is 2. The van der Waals surface area contributed by atoms with Crippen LogP contribution in [-0.4, -0.2) is 22.8 Å². The molecule has 2 N–H and O–H groups in total. The molecule has 0 saturated heterocycles. The molecule has 0 radical (unpaired) electrons. The minimum Gasteiger partial charge on any atom is -0.344 e. The van der Waals surface area contributed by atoms with Crippen molar-refractivity contribution in [2.24, 2.45) is 5.92 Å². The maximum Gasteiger partial charge on any atom is 0.274 e. The van der Waals surface area contributed by atoms with Gasteiger partial charge in [0.1, 0.15) is 0 Å². The van der Waals surface area contributed by atoms with E-state index in [0.29, 0.717) is 12.5 Å². The van der Waals surface area contributed by atoms with Crippen molar-refractivity contribution in [3.8, 4) is 0 Å². The van der Waals surface area contributed by atoms with Gasteiger partial charge in [-0.3, -0.25) is 0 Å². The van der Waals surface area contributed by atoms with E-state index in [1.165, 1.54) is 19.8 Å². The number of hydrogen-bond donors (Lipinski definition) is 2. The molecule has 0 aliphatic rings. The lowest BCUT2D eigenvalue weighted by atomic mass is 10.0. The molecule has 0 aliphatic heterocycles. The van der Waals surface area contributed by atoms with Gasteiger partial charge < -0.3 is 14.9 Å². The Morgan fingerprint density at radius 1 is 1.31 bits per heavy atom. The molecule has 0 bridgehead atoms. The number of ether oxygens (including phenoxy) is 1. The molecule has 0 aromatic rings. The first-order chi connectivity index (χ1) is 5.99. The average molecular weight is 190 g/mol. The van der Waals surface area contributed by atoms with E-state index in [1.54, 1.807) is 0 Å². The summed E-state index contributed by atoms with van der Waals surface area (Å²) < 4.78 is 4.89. The Labute approximate surface area is 80.7 Å². The standard InChI is InChI=1S/C10H22O3/c1-4-6-7-9(5-2)8-13-10(3,11)12/h9,11-12H,4-8H2,1-3H3. The van der Waals surface area contributed by atoms with Gasteiger partial charge in [0.2, 0.25) is 0 Å². The summed E-state index contributed by atoms with van der Waals surface area (Å²) in [6.07, 6.45) is 4.47. The summed E-state index contributed by atoms with van der Waals surface area (Å²) in [6.45, 7) is 5.91. The predicted octanol–water partition coefficient (Wildman–Crippen LogP) is 1.88. The van der Waals surface area contributed by atoms with Crippen LogP contribution < -0.4 is 0 Å². The minimum atomic E-state index is -1.97. The van der Waals surface area contributed by atoms with Crippen LogP contribution in [0.3, 0.4) is 0 Å². The van der Waals surface area contributed by atoms with Crippen molar-refractivity contribution in [1.29, 1.82) is 0 Å². The van der Waals surface area contributed by atoms with Crippen LogP contribution in [0.15, 0.2) is 0 Å². The summed E-state index contributed by atoms with van der Waals surface area (Å²) in [5.74, 6) is -1.53. The van der Waals surface area contributed by atoms with Crippen molar-refractivity contribution in [2.75, 3.05) is 6.61 Å². The third-order valence-electron chi connectivity index (χ3n) is 2.14. The second kappa shape index (κ2) is 6.35. The van der Waals surface area contributed by atoms with Crippen LogP contribution in [0.1, 0.15) is 46.5 Å². The maximum absolute atomic E-state index is 8.92. The highest BCUT2D eigenvalue weighted by Crippen LogP contribution is 2.14. The van der Waals surface area contributed by atoms with Crippen LogP contribution >= 0.6 is 0 Å². The number of rotatable bonds is 7. The van der Waals surface area contributed by atoms with Crippen molar-refractivity contribution < 1.29 is 14.9 Å². The highest BCUT2D eigenvalue weighted by atomic mass is 16.8. The molecule has 0 spiro atoms. The minimum absolute atomic E-state index is 0.431. The third-order valence-corrected chi connectivity index (χ3v) is 2.14. The normalized spacial score (nSPS) is 14.5. The van der Waals surface area contributed by atoms with Crippen LogP contribution in [0.5, 0.6) is 0 Å². The molecular weight excluding hydrogens is 168 g/mol. The molecular formula is C10H22O3. The van der Waals surface area contributed by atoms with E-state index in [2.05, 4.69) is 13.8 Å². The van der Waals surface area contributed by atoms with Crippen molar-refractivity contribution in [3.05, 3.63) is 0 Å². The third kappa shape index (κ3) is 8.22. The van der Waals surface area contributed by atoms with Gasteiger partial charge in [0.15, 0.2) is 0 Å². The zero-order chi connectivity index (χ0) is 10.3. The molecule has 3 heteroatoms.